The summed E-state index contributed by atoms with van der Waals surface area (Å²) < 4.78 is 5.52. The molecule has 1 aliphatic carbocycles. The van der Waals surface area contributed by atoms with Crippen LogP contribution in [0.25, 0.3) is 0 Å². The first-order chi connectivity index (χ1) is 9.94. The highest BCUT2D eigenvalue weighted by Gasteiger charge is 2.26. The molecular weight excluding hydrogens is 264 g/mol. The molecule has 2 rings (SSSR count). The molecule has 0 aromatic carbocycles. The molecule has 0 aromatic rings. The Morgan fingerprint density at radius 1 is 1.14 bits per heavy atom. The fourth-order valence-corrected chi connectivity index (χ4v) is 3.35. The van der Waals surface area contributed by atoms with Gasteiger partial charge in [-0.2, -0.15) is 0 Å². The summed E-state index contributed by atoms with van der Waals surface area (Å²) in [7, 11) is 0. The molecule has 1 atom stereocenters. The summed E-state index contributed by atoms with van der Waals surface area (Å²) in [6, 6.07) is 0.431. The SMILES string of the molecule is CC(C)(C)OC(=O)N1CCCCC(NCC2CCCC2)C1. The molecule has 1 amide bonds. The van der Waals surface area contributed by atoms with E-state index in [-0.39, 0.29) is 6.09 Å². The summed E-state index contributed by atoms with van der Waals surface area (Å²) in [6.07, 6.45) is 8.82. The fraction of sp³-hybridized carbons (Fsp3) is 0.941. The number of nitrogens with one attached hydrogen (secondary N) is 1. The zero-order valence-corrected chi connectivity index (χ0v) is 14.0. The third-order valence-electron chi connectivity index (χ3n) is 4.49. The molecule has 4 heteroatoms. The van der Waals surface area contributed by atoms with Gasteiger partial charge in [-0.15, -0.1) is 0 Å². The van der Waals surface area contributed by atoms with Crippen molar-refractivity contribution in [2.24, 2.45) is 5.92 Å². The van der Waals surface area contributed by atoms with Gasteiger partial charge in [0.15, 0.2) is 0 Å². The Balaban J connectivity index is 1.80. The molecular formula is C17H32N2O2. The highest BCUT2D eigenvalue weighted by molar-refractivity contribution is 5.68. The molecule has 1 saturated carbocycles. The smallest absolute Gasteiger partial charge is 0.410 e. The van der Waals surface area contributed by atoms with Crippen LogP contribution in [-0.2, 0) is 4.74 Å². The molecule has 2 aliphatic rings. The molecule has 122 valence electrons. The van der Waals surface area contributed by atoms with Crippen LogP contribution >= 0.6 is 0 Å². The number of carbonyl (C=O) groups is 1. The maximum Gasteiger partial charge on any atom is 0.410 e. The van der Waals surface area contributed by atoms with Gasteiger partial charge in [-0.25, -0.2) is 4.79 Å². The lowest BCUT2D eigenvalue weighted by atomic mass is 10.1. The number of hydrogen-bond acceptors (Lipinski definition) is 3. The number of ether oxygens (including phenoxy) is 1. The Bertz CT molecular complexity index is 332. The lowest BCUT2D eigenvalue weighted by Crippen LogP contribution is -2.45. The molecule has 21 heavy (non-hydrogen) atoms. The van der Waals surface area contributed by atoms with Gasteiger partial charge in [0, 0.05) is 19.1 Å². The number of rotatable bonds is 3. The first-order valence-corrected chi connectivity index (χ1v) is 8.65. The topological polar surface area (TPSA) is 41.6 Å². The van der Waals surface area contributed by atoms with Gasteiger partial charge in [-0.05, 0) is 58.9 Å². The predicted octanol–water partition coefficient (Wildman–Crippen LogP) is 3.56. The van der Waals surface area contributed by atoms with Crippen LogP contribution in [0, 0.1) is 5.92 Å². The van der Waals surface area contributed by atoms with E-state index in [1.165, 1.54) is 38.5 Å². The molecule has 0 radical (unpaired) electrons. The average Bonchev–Trinajstić information content (AvgIpc) is 2.78. The van der Waals surface area contributed by atoms with Crippen LogP contribution in [0.4, 0.5) is 4.79 Å². The first kappa shape index (κ1) is 16.6. The molecule has 1 N–H and O–H groups in total. The second-order valence-electron chi connectivity index (χ2n) is 7.68. The van der Waals surface area contributed by atoms with Crippen LogP contribution in [-0.4, -0.2) is 42.3 Å². The van der Waals surface area contributed by atoms with Crippen molar-refractivity contribution in [3.8, 4) is 0 Å². The molecule has 1 heterocycles. The molecule has 4 nitrogen and oxygen atoms in total. The second-order valence-corrected chi connectivity index (χ2v) is 7.68. The Labute approximate surface area is 129 Å². The summed E-state index contributed by atoms with van der Waals surface area (Å²) in [6.45, 7) is 8.53. The number of amides is 1. The van der Waals surface area contributed by atoms with Gasteiger partial charge >= 0.3 is 6.09 Å². The van der Waals surface area contributed by atoms with E-state index in [4.69, 9.17) is 4.74 Å². The van der Waals surface area contributed by atoms with Crippen molar-refractivity contribution in [3.63, 3.8) is 0 Å². The Morgan fingerprint density at radius 2 is 1.81 bits per heavy atom. The average molecular weight is 296 g/mol. The van der Waals surface area contributed by atoms with Crippen molar-refractivity contribution in [1.82, 2.24) is 10.2 Å². The molecule has 0 bridgehead atoms. The third kappa shape index (κ3) is 5.85. The maximum absolute atomic E-state index is 12.2. The van der Waals surface area contributed by atoms with Crippen molar-refractivity contribution in [2.45, 2.75) is 77.4 Å². The number of hydrogen-bond donors (Lipinski definition) is 1. The Hall–Kier alpha value is -0.770. The second kappa shape index (κ2) is 7.48. The van der Waals surface area contributed by atoms with Gasteiger partial charge in [0.1, 0.15) is 5.60 Å². The lowest BCUT2D eigenvalue weighted by molar-refractivity contribution is 0.0243. The molecule has 1 unspecified atom stereocenters. The minimum absolute atomic E-state index is 0.155. The number of nitrogens with zero attached hydrogens (tertiary/aromatic N) is 1. The van der Waals surface area contributed by atoms with Crippen molar-refractivity contribution in [1.29, 1.82) is 0 Å². The first-order valence-electron chi connectivity index (χ1n) is 8.65. The van der Waals surface area contributed by atoms with E-state index in [1.807, 2.05) is 25.7 Å². The van der Waals surface area contributed by atoms with Gasteiger partial charge in [0.25, 0.3) is 0 Å². The summed E-state index contributed by atoms with van der Waals surface area (Å²) in [4.78, 5) is 14.1. The van der Waals surface area contributed by atoms with Gasteiger partial charge in [-0.1, -0.05) is 19.3 Å². The van der Waals surface area contributed by atoms with Crippen LogP contribution < -0.4 is 5.32 Å². The van der Waals surface area contributed by atoms with E-state index in [0.717, 1.165) is 32.0 Å². The summed E-state index contributed by atoms with van der Waals surface area (Å²) in [5, 5.41) is 3.70. The number of likely N-dealkylation sites (tertiary alicyclic amines) is 1. The fourth-order valence-electron chi connectivity index (χ4n) is 3.35. The molecule has 1 aliphatic heterocycles. The molecule has 0 aromatic heterocycles. The summed E-state index contributed by atoms with van der Waals surface area (Å²) in [5.41, 5.74) is -0.407. The van der Waals surface area contributed by atoms with Gasteiger partial charge < -0.3 is 15.0 Å². The van der Waals surface area contributed by atoms with Crippen molar-refractivity contribution >= 4 is 6.09 Å². The zero-order valence-electron chi connectivity index (χ0n) is 14.0. The minimum Gasteiger partial charge on any atom is -0.444 e. The van der Waals surface area contributed by atoms with E-state index in [1.54, 1.807) is 0 Å². The van der Waals surface area contributed by atoms with Crippen LogP contribution in [0.15, 0.2) is 0 Å². The van der Waals surface area contributed by atoms with Crippen LogP contribution in [0.3, 0.4) is 0 Å². The summed E-state index contributed by atoms with van der Waals surface area (Å²) >= 11 is 0. The standard InChI is InChI=1S/C17H32N2O2/c1-17(2,3)21-16(20)19-11-7-6-10-15(13-19)18-12-14-8-4-5-9-14/h14-15,18H,4-13H2,1-3H3. The lowest BCUT2D eigenvalue weighted by Gasteiger charge is -2.29. The van der Waals surface area contributed by atoms with Crippen molar-refractivity contribution in [2.75, 3.05) is 19.6 Å². The van der Waals surface area contributed by atoms with Crippen LogP contribution in [0.2, 0.25) is 0 Å². The zero-order chi connectivity index (χ0) is 15.3. The highest BCUT2D eigenvalue weighted by atomic mass is 16.6. The van der Waals surface area contributed by atoms with E-state index in [2.05, 4.69) is 5.32 Å². The molecule has 1 saturated heterocycles. The Morgan fingerprint density at radius 3 is 2.48 bits per heavy atom. The third-order valence-corrected chi connectivity index (χ3v) is 4.49. The predicted molar refractivity (Wildman–Crippen MR) is 85.4 cm³/mol. The largest absolute Gasteiger partial charge is 0.444 e. The maximum atomic E-state index is 12.2. The van der Waals surface area contributed by atoms with E-state index in [0.29, 0.717) is 6.04 Å². The monoisotopic (exact) mass is 296 g/mol. The molecule has 0 spiro atoms. The highest BCUT2D eigenvalue weighted by Crippen LogP contribution is 2.24. The van der Waals surface area contributed by atoms with Crippen LogP contribution in [0.5, 0.6) is 0 Å². The Kier molecular flexibility index (Phi) is 5.91. The van der Waals surface area contributed by atoms with Crippen molar-refractivity contribution in [3.05, 3.63) is 0 Å². The normalized spacial score (nSPS) is 24.9. The van der Waals surface area contributed by atoms with E-state index >= 15 is 0 Å². The van der Waals surface area contributed by atoms with Gasteiger partial charge in [0.05, 0.1) is 0 Å². The summed E-state index contributed by atoms with van der Waals surface area (Å²) in [5.74, 6) is 0.850. The minimum atomic E-state index is -0.407. The van der Waals surface area contributed by atoms with Crippen LogP contribution in [0.1, 0.15) is 65.7 Å². The van der Waals surface area contributed by atoms with Crippen molar-refractivity contribution < 1.29 is 9.53 Å². The number of carbonyl (C=O) groups excluding carboxylic acids is 1. The van der Waals surface area contributed by atoms with E-state index in [9.17, 15) is 4.79 Å². The van der Waals surface area contributed by atoms with E-state index < -0.39 is 5.60 Å². The van der Waals surface area contributed by atoms with Gasteiger partial charge in [0.2, 0.25) is 0 Å². The molecule has 2 fully saturated rings. The quantitative estimate of drug-likeness (QED) is 0.866. The van der Waals surface area contributed by atoms with Gasteiger partial charge in [-0.3, -0.25) is 0 Å².